The van der Waals surface area contributed by atoms with Gasteiger partial charge in [-0.2, -0.15) is 17.7 Å². The smallest absolute Gasteiger partial charge is 0.416 e. The second kappa shape index (κ2) is 8.10. The van der Waals surface area contributed by atoms with Crippen LogP contribution in [0.3, 0.4) is 0 Å². The van der Waals surface area contributed by atoms with Gasteiger partial charge in [-0.25, -0.2) is 15.0 Å². The van der Waals surface area contributed by atoms with E-state index in [9.17, 15) is 18.0 Å². The second-order valence-electron chi connectivity index (χ2n) is 7.24. The number of halogens is 3. The van der Waals surface area contributed by atoms with E-state index in [1.54, 1.807) is 43.5 Å². The Morgan fingerprint density at radius 1 is 1.00 bits per heavy atom. The lowest BCUT2D eigenvalue weighted by molar-refractivity contribution is -0.137. The molecule has 3 aromatic heterocycles. The Bertz CT molecular complexity index is 1580. The van der Waals surface area contributed by atoms with Crippen LogP contribution in [0.5, 0.6) is 5.75 Å². The molecule has 0 spiro atoms. The molecule has 0 atom stereocenters. The summed E-state index contributed by atoms with van der Waals surface area (Å²) < 4.78 is 46.5. The van der Waals surface area contributed by atoms with Gasteiger partial charge in [0.05, 0.1) is 18.2 Å². The summed E-state index contributed by atoms with van der Waals surface area (Å²) in [7, 11) is 1.55. The van der Waals surface area contributed by atoms with Crippen molar-refractivity contribution in [3.8, 4) is 17.1 Å². The van der Waals surface area contributed by atoms with Gasteiger partial charge in [0.15, 0.2) is 11.5 Å². The number of hydrogen-bond donors (Lipinski definition) is 1. The first-order chi connectivity index (χ1) is 16.3. The number of alkyl halides is 3. The van der Waals surface area contributed by atoms with Gasteiger partial charge in [-0.15, -0.1) is 5.10 Å². The monoisotopic (exact) mass is 464 g/mol. The lowest BCUT2D eigenvalue weighted by Gasteiger charge is -2.10. The van der Waals surface area contributed by atoms with Gasteiger partial charge in [0.1, 0.15) is 11.4 Å². The number of rotatable bonds is 4. The molecular formula is C23H15F3N6O2. The van der Waals surface area contributed by atoms with Gasteiger partial charge in [-0.3, -0.25) is 4.79 Å². The fraction of sp³-hybridized carbons (Fsp3) is 0.0870. The van der Waals surface area contributed by atoms with E-state index < -0.39 is 17.3 Å². The van der Waals surface area contributed by atoms with Crippen LogP contribution in [0.15, 0.2) is 71.7 Å². The molecule has 0 fully saturated rings. The first-order valence-corrected chi connectivity index (χ1v) is 9.98. The van der Waals surface area contributed by atoms with Gasteiger partial charge in [-0.05, 0) is 54.6 Å². The average Bonchev–Trinajstić information content (AvgIpc) is 3.18. The second-order valence-corrected chi connectivity index (χ2v) is 7.24. The van der Waals surface area contributed by atoms with Gasteiger partial charge in [0, 0.05) is 17.1 Å². The van der Waals surface area contributed by atoms with E-state index >= 15 is 0 Å². The first kappa shape index (κ1) is 21.3. The van der Waals surface area contributed by atoms with Gasteiger partial charge in [-0.1, -0.05) is 6.07 Å². The third-order valence-electron chi connectivity index (χ3n) is 5.08. The molecule has 34 heavy (non-hydrogen) atoms. The molecule has 0 aliphatic rings. The highest BCUT2D eigenvalue weighted by Crippen LogP contribution is 2.33. The van der Waals surface area contributed by atoms with Crippen LogP contribution in [0.25, 0.3) is 27.9 Å². The van der Waals surface area contributed by atoms with E-state index in [0.29, 0.717) is 22.5 Å². The van der Waals surface area contributed by atoms with Gasteiger partial charge in [0.25, 0.3) is 5.56 Å². The van der Waals surface area contributed by atoms with Crippen LogP contribution >= 0.6 is 0 Å². The Hall–Kier alpha value is -4.54. The summed E-state index contributed by atoms with van der Waals surface area (Å²) in [5, 5.41) is 7.70. The summed E-state index contributed by atoms with van der Waals surface area (Å²) in [6.45, 7) is 0. The number of hydrogen-bond acceptors (Lipinski definition) is 7. The number of anilines is 2. The number of methoxy groups -OCH3 is 1. The predicted octanol–water partition coefficient (Wildman–Crippen LogP) is 4.47. The van der Waals surface area contributed by atoms with Crippen molar-refractivity contribution < 1.29 is 17.9 Å². The molecule has 5 aromatic rings. The van der Waals surface area contributed by atoms with Crippen molar-refractivity contribution in [1.29, 1.82) is 0 Å². The van der Waals surface area contributed by atoms with Crippen molar-refractivity contribution in [3.05, 3.63) is 82.8 Å². The van der Waals surface area contributed by atoms with Crippen LogP contribution in [0.1, 0.15) is 5.56 Å². The number of benzene rings is 2. The molecule has 170 valence electrons. The molecule has 5 rings (SSSR count). The lowest BCUT2D eigenvalue weighted by atomic mass is 10.1. The van der Waals surface area contributed by atoms with E-state index in [0.717, 1.165) is 12.1 Å². The van der Waals surface area contributed by atoms with Crippen molar-refractivity contribution >= 4 is 28.2 Å². The van der Waals surface area contributed by atoms with Crippen LogP contribution in [0, 0.1) is 0 Å². The third kappa shape index (κ3) is 3.87. The van der Waals surface area contributed by atoms with E-state index in [4.69, 9.17) is 4.74 Å². The van der Waals surface area contributed by atoms with Crippen LogP contribution in [-0.4, -0.2) is 31.7 Å². The standard InChI is InChI=1S/C23H15F3N6O2/c1-34-15-8-5-13(6-9-15)19-30-20-16-10-7-14(23(24,25)26)12-18(16)29-22(32(20)31-19)28-17-4-2-3-11-27-21(17)33/h2-12H,1H3,(H,27,28,29,33). The van der Waals surface area contributed by atoms with Crippen LogP contribution < -0.4 is 15.6 Å². The van der Waals surface area contributed by atoms with Gasteiger partial charge < -0.3 is 10.1 Å². The van der Waals surface area contributed by atoms with Crippen molar-refractivity contribution in [2.75, 3.05) is 12.4 Å². The molecule has 0 amide bonds. The summed E-state index contributed by atoms with van der Waals surface area (Å²) in [5.41, 5.74) is -0.374. The highest BCUT2D eigenvalue weighted by Gasteiger charge is 2.31. The highest BCUT2D eigenvalue weighted by atomic mass is 19.4. The largest absolute Gasteiger partial charge is 0.497 e. The molecule has 2 aromatic carbocycles. The Morgan fingerprint density at radius 3 is 2.53 bits per heavy atom. The van der Waals surface area contributed by atoms with Gasteiger partial charge in [0.2, 0.25) is 5.95 Å². The minimum absolute atomic E-state index is 0.0131. The van der Waals surface area contributed by atoms with Crippen molar-refractivity contribution in [1.82, 2.24) is 24.6 Å². The molecule has 0 aliphatic heterocycles. The fourth-order valence-electron chi connectivity index (χ4n) is 3.40. The van der Waals surface area contributed by atoms with Crippen LogP contribution in [0.2, 0.25) is 0 Å². The van der Waals surface area contributed by atoms with E-state index in [1.165, 1.54) is 22.8 Å². The van der Waals surface area contributed by atoms with E-state index in [-0.39, 0.29) is 22.8 Å². The molecular weight excluding hydrogens is 449 g/mol. The molecule has 0 saturated heterocycles. The zero-order valence-electron chi connectivity index (χ0n) is 17.5. The summed E-state index contributed by atoms with van der Waals surface area (Å²) in [6.07, 6.45) is -3.21. The summed E-state index contributed by atoms with van der Waals surface area (Å²) in [6, 6.07) is 14.9. The Morgan fingerprint density at radius 2 is 1.79 bits per heavy atom. The quantitative estimate of drug-likeness (QED) is 0.419. The van der Waals surface area contributed by atoms with Crippen molar-refractivity contribution in [2.45, 2.75) is 6.18 Å². The topological polar surface area (TPSA) is 94.3 Å². The fourth-order valence-corrected chi connectivity index (χ4v) is 3.40. The zero-order valence-corrected chi connectivity index (χ0v) is 17.5. The molecule has 1 N–H and O–H groups in total. The predicted molar refractivity (Wildman–Crippen MR) is 119 cm³/mol. The maximum atomic E-state index is 13.3. The molecule has 0 unspecified atom stereocenters. The Labute approximate surface area is 189 Å². The molecule has 0 saturated carbocycles. The third-order valence-corrected chi connectivity index (χ3v) is 5.08. The number of aromatic nitrogens is 5. The van der Waals surface area contributed by atoms with Crippen molar-refractivity contribution in [3.63, 3.8) is 0 Å². The van der Waals surface area contributed by atoms with Crippen molar-refractivity contribution in [2.24, 2.45) is 0 Å². The zero-order chi connectivity index (χ0) is 23.9. The maximum Gasteiger partial charge on any atom is 0.416 e. The number of ether oxygens (including phenoxy) is 1. The van der Waals surface area contributed by atoms with Crippen LogP contribution in [-0.2, 0) is 6.18 Å². The Kier molecular flexibility index (Phi) is 5.08. The molecule has 8 nitrogen and oxygen atoms in total. The molecule has 0 radical (unpaired) electrons. The Balaban J connectivity index is 1.75. The van der Waals surface area contributed by atoms with E-state index in [1.807, 2.05) is 0 Å². The molecule has 0 aliphatic carbocycles. The van der Waals surface area contributed by atoms with Crippen LogP contribution in [0.4, 0.5) is 24.8 Å². The number of nitrogens with zero attached hydrogens (tertiary/aromatic N) is 5. The normalized spacial score (nSPS) is 11.6. The summed E-state index contributed by atoms with van der Waals surface area (Å²) in [5.74, 6) is 0.979. The highest BCUT2D eigenvalue weighted by molar-refractivity contribution is 5.93. The number of nitrogens with one attached hydrogen (secondary N) is 1. The molecule has 11 heteroatoms. The lowest BCUT2D eigenvalue weighted by Crippen LogP contribution is -2.12. The molecule has 0 bridgehead atoms. The first-order valence-electron chi connectivity index (χ1n) is 9.98. The summed E-state index contributed by atoms with van der Waals surface area (Å²) in [4.78, 5) is 24.9. The minimum Gasteiger partial charge on any atom is -0.497 e. The summed E-state index contributed by atoms with van der Waals surface area (Å²) >= 11 is 0. The maximum absolute atomic E-state index is 13.3. The van der Waals surface area contributed by atoms with Gasteiger partial charge >= 0.3 is 6.18 Å². The van der Waals surface area contributed by atoms with E-state index in [2.05, 4.69) is 25.4 Å². The molecule has 3 heterocycles. The minimum atomic E-state index is -4.54. The number of fused-ring (bicyclic) bond motifs is 3. The average molecular weight is 464 g/mol. The SMILES string of the molecule is COc1ccc(-c2nc3c4ccc(C(F)(F)F)cc4nc(Nc4ccccnc4=O)n3n2)cc1.